The molecule has 1 aliphatic carbocycles. The van der Waals surface area contributed by atoms with Crippen LogP contribution >= 0.6 is 0 Å². The molecule has 0 spiro atoms. The van der Waals surface area contributed by atoms with Crippen molar-refractivity contribution in [1.29, 1.82) is 0 Å². The lowest BCUT2D eigenvalue weighted by Gasteiger charge is -2.15. The fraction of sp³-hybridized carbons (Fsp3) is 0.0217. The molecule has 0 bridgehead atoms. The number of benzene rings is 7. The van der Waals surface area contributed by atoms with E-state index in [1.807, 2.05) is 109 Å². The third-order valence-corrected chi connectivity index (χ3v) is 9.33. The topological polar surface area (TPSA) is 51.8 Å². The molecule has 9 aromatic rings. The molecule has 0 amide bonds. The molecule has 4 nitrogen and oxygen atoms in total. The smallest absolute Gasteiger partial charge is 0.163 e. The lowest BCUT2D eigenvalue weighted by Crippen LogP contribution is -2.09. The average molecular weight is 646 g/mol. The molecule has 2 aromatic heterocycles. The molecule has 0 atom stereocenters. The predicted molar refractivity (Wildman–Crippen MR) is 202 cm³/mol. The Balaban J connectivity index is 1.24. The molecule has 0 aliphatic heterocycles. The van der Waals surface area contributed by atoms with E-state index in [9.17, 15) is 4.11 Å². The fourth-order valence-electron chi connectivity index (χ4n) is 7.04. The minimum Gasteiger partial charge on any atom is -0.456 e. The first-order chi connectivity index (χ1) is 27.3. The van der Waals surface area contributed by atoms with Gasteiger partial charge in [-0.05, 0) is 68.7 Å². The molecule has 2 heterocycles. The Morgan fingerprint density at radius 2 is 1.10 bits per heavy atom. The highest BCUT2D eigenvalue weighted by Crippen LogP contribution is 2.47. The maximum Gasteiger partial charge on any atom is 0.163 e. The summed E-state index contributed by atoms with van der Waals surface area (Å²) in [6.45, 7) is 0. The lowest BCUT2D eigenvalue weighted by atomic mass is 9.95. The number of aromatic nitrogens is 3. The summed E-state index contributed by atoms with van der Waals surface area (Å²) in [6.07, 6.45) is 0. The maximum atomic E-state index is 9.58. The molecule has 0 fully saturated rings. The zero-order valence-corrected chi connectivity index (χ0v) is 26.5. The number of hydrogen-bond acceptors (Lipinski definition) is 4. The van der Waals surface area contributed by atoms with E-state index in [-0.39, 0.29) is 75.5 Å². The Labute approximate surface area is 297 Å². The summed E-state index contributed by atoms with van der Waals surface area (Å²) in [7, 11) is 0. The van der Waals surface area contributed by atoms with Crippen LogP contribution in [-0.2, 0) is 0 Å². The van der Waals surface area contributed by atoms with Gasteiger partial charge in [-0.3, -0.25) is 0 Å². The van der Waals surface area contributed by atoms with Gasteiger partial charge in [0.25, 0.3) is 0 Å². The third kappa shape index (κ3) is 4.65. The summed E-state index contributed by atoms with van der Waals surface area (Å²) in [4.78, 5) is 14.9. The van der Waals surface area contributed by atoms with Crippen molar-refractivity contribution in [2.75, 3.05) is 0 Å². The molecule has 0 radical (unpaired) electrons. The molecule has 7 aromatic carbocycles. The zero-order chi connectivity index (χ0) is 38.2. The number of furan rings is 1. The van der Waals surface area contributed by atoms with E-state index in [0.717, 1.165) is 38.9 Å². The van der Waals surface area contributed by atoms with E-state index in [1.165, 1.54) is 0 Å². The molecule has 10 rings (SSSR count). The van der Waals surface area contributed by atoms with Gasteiger partial charge in [-0.1, -0.05) is 146 Å². The van der Waals surface area contributed by atoms with E-state index >= 15 is 0 Å². The largest absolute Gasteiger partial charge is 0.456 e. The van der Waals surface area contributed by atoms with Gasteiger partial charge in [-0.25, -0.2) is 15.0 Å². The Morgan fingerprint density at radius 3 is 1.84 bits per heavy atom. The van der Waals surface area contributed by atoms with Gasteiger partial charge in [-0.2, -0.15) is 0 Å². The molecule has 0 saturated carbocycles. The van der Waals surface area contributed by atoms with Gasteiger partial charge in [0.05, 0.1) is 14.1 Å². The van der Waals surface area contributed by atoms with Crippen molar-refractivity contribution < 1.29 is 12.6 Å². The fourth-order valence-corrected chi connectivity index (χ4v) is 7.04. The highest BCUT2D eigenvalue weighted by molar-refractivity contribution is 6.13. The van der Waals surface area contributed by atoms with Crippen LogP contribution in [0.1, 0.15) is 31.1 Å². The highest BCUT2D eigenvalue weighted by atomic mass is 16.3. The first kappa shape index (κ1) is 22.8. The molecule has 234 valence electrons. The Hall–Kier alpha value is -6.65. The van der Waals surface area contributed by atoms with Gasteiger partial charge in [0.15, 0.2) is 11.6 Å². The first-order valence-electron chi connectivity index (χ1n) is 19.4. The predicted octanol–water partition coefficient (Wildman–Crippen LogP) is 11.6. The number of rotatable bonds is 5. The van der Waals surface area contributed by atoms with Crippen LogP contribution in [0.15, 0.2) is 174 Å². The molecule has 50 heavy (non-hydrogen) atoms. The number of hydrogen-bond donors (Lipinski definition) is 0. The van der Waals surface area contributed by atoms with E-state index in [0.29, 0.717) is 22.8 Å². The molecular weight excluding hydrogens is 611 g/mol. The maximum absolute atomic E-state index is 9.58. The standard InChI is InChI=1S/C46H29N3O/c1-3-13-29(14-4-1)31-17-11-18-32(27-31)34-23-12-24-40-42(34)39-26-25-33(28-41(39)50-40)45-47-44(30-15-5-2-6-16-30)48-46(49-45)43-37-21-9-7-19-35(37)36-20-8-10-22-38(36)43/h1-28,43H/i12D,23D,24D,25D,26D,28D. The zero-order valence-electron chi connectivity index (χ0n) is 32.5. The van der Waals surface area contributed by atoms with Crippen LogP contribution in [0.5, 0.6) is 0 Å². The van der Waals surface area contributed by atoms with Crippen LogP contribution in [0.3, 0.4) is 0 Å². The Bertz CT molecular complexity index is 3010. The van der Waals surface area contributed by atoms with Gasteiger partial charge in [0, 0.05) is 21.9 Å². The van der Waals surface area contributed by atoms with Crippen LogP contribution in [0, 0.1) is 0 Å². The van der Waals surface area contributed by atoms with Crippen LogP contribution in [0.25, 0.3) is 78.1 Å². The van der Waals surface area contributed by atoms with Crippen molar-refractivity contribution in [1.82, 2.24) is 15.0 Å². The van der Waals surface area contributed by atoms with Crippen molar-refractivity contribution >= 4 is 21.9 Å². The molecule has 0 saturated heterocycles. The number of fused-ring (bicyclic) bond motifs is 6. The van der Waals surface area contributed by atoms with Crippen LogP contribution in [0.4, 0.5) is 0 Å². The quantitative estimate of drug-likeness (QED) is 0.187. The van der Waals surface area contributed by atoms with Crippen LogP contribution in [-0.4, -0.2) is 15.0 Å². The summed E-state index contributed by atoms with van der Waals surface area (Å²) in [5, 5.41) is 0.368. The molecule has 1 aliphatic rings. The van der Waals surface area contributed by atoms with Crippen molar-refractivity contribution in [3.05, 3.63) is 187 Å². The third-order valence-electron chi connectivity index (χ3n) is 9.33. The second kappa shape index (κ2) is 11.5. The van der Waals surface area contributed by atoms with Gasteiger partial charge in [0.2, 0.25) is 0 Å². The minimum atomic E-state index is -0.355. The summed E-state index contributed by atoms with van der Waals surface area (Å²) in [6, 6.07) is 41.4. The van der Waals surface area contributed by atoms with E-state index in [2.05, 4.69) is 24.3 Å². The van der Waals surface area contributed by atoms with Crippen molar-refractivity contribution in [2.24, 2.45) is 0 Å². The van der Waals surface area contributed by atoms with Crippen LogP contribution in [0.2, 0.25) is 0 Å². The van der Waals surface area contributed by atoms with E-state index in [1.54, 1.807) is 0 Å². The van der Waals surface area contributed by atoms with E-state index in [4.69, 9.17) is 23.5 Å². The summed E-state index contributed by atoms with van der Waals surface area (Å²) in [5.74, 6) is 0.486. The molecular formula is C46H29N3O. The van der Waals surface area contributed by atoms with Gasteiger partial charge in [-0.15, -0.1) is 0 Å². The van der Waals surface area contributed by atoms with Crippen molar-refractivity contribution in [3.63, 3.8) is 0 Å². The second-order valence-corrected chi connectivity index (χ2v) is 12.3. The highest BCUT2D eigenvalue weighted by Gasteiger charge is 2.32. The monoisotopic (exact) mass is 645 g/mol. The second-order valence-electron chi connectivity index (χ2n) is 12.3. The lowest BCUT2D eigenvalue weighted by molar-refractivity contribution is 0.669. The van der Waals surface area contributed by atoms with Crippen molar-refractivity contribution in [2.45, 2.75) is 5.92 Å². The van der Waals surface area contributed by atoms with Gasteiger partial charge >= 0.3 is 0 Å². The Morgan fingerprint density at radius 1 is 0.480 bits per heavy atom. The summed E-state index contributed by atoms with van der Waals surface area (Å²) >= 11 is 0. The average Bonchev–Trinajstić information content (AvgIpc) is 3.80. The molecule has 0 N–H and O–H groups in total. The first-order valence-corrected chi connectivity index (χ1v) is 16.4. The molecule has 4 heteroatoms. The number of nitrogens with zero attached hydrogens (tertiary/aromatic N) is 3. The normalized spacial score (nSPS) is 14.0. The SMILES string of the molecule is [2H]c1c([2H])c(-c2cccc(-c3ccccc3)c2)c2c(oc3c([2H])c(-c4nc(-c5ccccc5)nc(C5c6ccccc6-c6ccccc65)n4)c([2H])c([2H])c32)c1[2H]. The van der Waals surface area contributed by atoms with Crippen molar-refractivity contribution in [3.8, 4) is 56.2 Å². The molecule has 0 unspecified atom stereocenters. The Kier molecular flexibility index (Phi) is 5.25. The van der Waals surface area contributed by atoms with E-state index < -0.39 is 0 Å². The van der Waals surface area contributed by atoms with Crippen LogP contribution < -0.4 is 0 Å². The summed E-state index contributed by atoms with van der Waals surface area (Å²) in [5.41, 5.74) is 7.57. The minimum absolute atomic E-state index is 0.0155. The summed E-state index contributed by atoms with van der Waals surface area (Å²) < 4.78 is 61.5. The van der Waals surface area contributed by atoms with Gasteiger partial charge < -0.3 is 4.42 Å². The van der Waals surface area contributed by atoms with Gasteiger partial charge in [0.1, 0.15) is 17.0 Å².